The Bertz CT molecular complexity index is 1220. The summed E-state index contributed by atoms with van der Waals surface area (Å²) in [6.45, 7) is 4.39. The second-order valence-corrected chi connectivity index (χ2v) is 9.23. The summed E-state index contributed by atoms with van der Waals surface area (Å²) in [6, 6.07) is 5.09. The highest BCUT2D eigenvalue weighted by molar-refractivity contribution is 5.89. The van der Waals surface area contributed by atoms with Gasteiger partial charge in [0.05, 0.1) is 17.8 Å². The minimum atomic E-state index is -0.534. The van der Waals surface area contributed by atoms with Gasteiger partial charge in [-0.25, -0.2) is 4.98 Å². The molecule has 5 N–H and O–H groups in total. The summed E-state index contributed by atoms with van der Waals surface area (Å²) in [7, 11) is 7.29. The number of hydrogen-bond donors (Lipinski definition) is 5. The lowest BCUT2D eigenvalue weighted by molar-refractivity contribution is -0.130. The van der Waals surface area contributed by atoms with Crippen molar-refractivity contribution in [2.24, 2.45) is 0 Å². The third-order valence-corrected chi connectivity index (χ3v) is 5.83. The van der Waals surface area contributed by atoms with Crippen molar-refractivity contribution in [2.45, 2.75) is 25.8 Å². The van der Waals surface area contributed by atoms with E-state index in [2.05, 4.69) is 43.1 Å². The van der Waals surface area contributed by atoms with Crippen molar-refractivity contribution in [2.75, 3.05) is 70.3 Å². The Balaban J connectivity index is 1.88. The monoisotopic (exact) mass is 547 g/mol. The smallest absolute Gasteiger partial charge is 0.246 e. The molecule has 1 aromatic heterocycles. The van der Waals surface area contributed by atoms with Crippen LogP contribution in [-0.4, -0.2) is 98.6 Å². The van der Waals surface area contributed by atoms with Gasteiger partial charge in [0.25, 0.3) is 0 Å². The van der Waals surface area contributed by atoms with E-state index in [-0.39, 0.29) is 5.91 Å². The van der Waals surface area contributed by atoms with E-state index in [1.54, 1.807) is 19.3 Å². The summed E-state index contributed by atoms with van der Waals surface area (Å²) in [6.07, 6.45) is 8.49. The van der Waals surface area contributed by atoms with Crippen LogP contribution in [0.5, 0.6) is 0 Å². The van der Waals surface area contributed by atoms with Gasteiger partial charge in [-0.15, -0.1) is 0 Å². The van der Waals surface area contributed by atoms with Gasteiger partial charge < -0.3 is 41.3 Å². The van der Waals surface area contributed by atoms with Gasteiger partial charge in [-0.05, 0) is 52.2 Å². The summed E-state index contributed by atoms with van der Waals surface area (Å²) in [5.74, 6) is 7.20. The molecule has 11 heteroatoms. The molecule has 0 radical (unpaired) electrons. The molecule has 0 saturated carbocycles. The molecule has 0 aliphatic rings. The standard InChI is InChI=1S/C29H41N9O2/c1-6-33-28-23(19-34-29(36-28)35-24-14-13-22(18-30)26(17-24)31-2)11-8-7-9-15-32-20-25(21-39)38(5)27(40)12-10-16-37(3)4/h10,12-14,17-19,21,25,30-32H,6-7,9,15-16,20H2,1-5H3,(H2,33,34,35,36)/b12-10+,30-18?. The number of nitrogens with one attached hydrogen (secondary N) is 5. The number of aromatic nitrogens is 2. The molecule has 2 aromatic rings. The molecular formula is C29H41N9O2. The number of aldehydes is 1. The van der Waals surface area contributed by atoms with E-state index >= 15 is 0 Å². The number of likely N-dealkylation sites (N-methyl/N-ethyl adjacent to an activating group) is 2. The first-order chi connectivity index (χ1) is 19.3. The van der Waals surface area contributed by atoms with Gasteiger partial charge in [-0.3, -0.25) is 4.79 Å². The molecule has 0 saturated heterocycles. The fraction of sp³-hybridized carbons (Fsp3) is 0.414. The normalized spacial score (nSPS) is 11.4. The van der Waals surface area contributed by atoms with Crippen molar-refractivity contribution in [1.29, 1.82) is 5.41 Å². The molecule has 0 spiro atoms. The van der Waals surface area contributed by atoms with E-state index in [4.69, 9.17) is 5.41 Å². The van der Waals surface area contributed by atoms with Crippen LogP contribution in [0.25, 0.3) is 0 Å². The highest BCUT2D eigenvalue weighted by Gasteiger charge is 2.16. The maximum atomic E-state index is 12.3. The Morgan fingerprint density at radius 1 is 1.25 bits per heavy atom. The summed E-state index contributed by atoms with van der Waals surface area (Å²) in [5, 5.41) is 20.3. The summed E-state index contributed by atoms with van der Waals surface area (Å²) in [4.78, 5) is 36.2. The van der Waals surface area contributed by atoms with Gasteiger partial charge in [-0.2, -0.15) is 4.98 Å². The van der Waals surface area contributed by atoms with E-state index in [0.717, 1.165) is 29.6 Å². The first-order valence-corrected chi connectivity index (χ1v) is 13.3. The van der Waals surface area contributed by atoms with Gasteiger partial charge in [-0.1, -0.05) is 17.9 Å². The second-order valence-electron chi connectivity index (χ2n) is 9.23. The molecule has 1 aromatic carbocycles. The molecule has 2 rings (SSSR count). The summed E-state index contributed by atoms with van der Waals surface area (Å²) >= 11 is 0. The fourth-order valence-corrected chi connectivity index (χ4v) is 3.57. The van der Waals surface area contributed by atoms with Crippen LogP contribution in [0.2, 0.25) is 0 Å². The Morgan fingerprint density at radius 2 is 2.05 bits per heavy atom. The van der Waals surface area contributed by atoms with Crippen LogP contribution in [0.1, 0.15) is 30.9 Å². The lowest BCUT2D eigenvalue weighted by Gasteiger charge is -2.23. The van der Waals surface area contributed by atoms with Crippen molar-refractivity contribution in [1.82, 2.24) is 25.1 Å². The van der Waals surface area contributed by atoms with Crippen molar-refractivity contribution >= 4 is 41.5 Å². The quantitative estimate of drug-likeness (QED) is 0.0706. The third kappa shape index (κ3) is 10.5. The van der Waals surface area contributed by atoms with Gasteiger partial charge in [0.15, 0.2) is 0 Å². The number of hydrogen-bond acceptors (Lipinski definition) is 10. The van der Waals surface area contributed by atoms with Gasteiger partial charge in [0, 0.05) is 69.4 Å². The van der Waals surface area contributed by atoms with Gasteiger partial charge >= 0.3 is 0 Å². The molecule has 0 aliphatic carbocycles. The molecule has 1 heterocycles. The number of carbonyl (C=O) groups excluding carboxylic acids is 2. The Labute approximate surface area is 237 Å². The van der Waals surface area contributed by atoms with Crippen molar-refractivity contribution in [3.05, 3.63) is 47.7 Å². The van der Waals surface area contributed by atoms with E-state index in [0.29, 0.717) is 49.9 Å². The predicted molar refractivity (Wildman–Crippen MR) is 163 cm³/mol. The predicted octanol–water partition coefficient (Wildman–Crippen LogP) is 2.56. The van der Waals surface area contributed by atoms with E-state index in [1.807, 2.05) is 51.2 Å². The molecule has 11 nitrogen and oxygen atoms in total. The van der Waals surface area contributed by atoms with Crippen LogP contribution in [0.3, 0.4) is 0 Å². The van der Waals surface area contributed by atoms with E-state index in [1.165, 1.54) is 17.2 Å². The van der Waals surface area contributed by atoms with Crippen molar-refractivity contribution in [3.63, 3.8) is 0 Å². The average Bonchev–Trinajstić information content (AvgIpc) is 2.95. The molecule has 214 valence electrons. The zero-order valence-electron chi connectivity index (χ0n) is 24.0. The SMILES string of the molecule is CCNc1nc(Nc2ccc(C=N)c(NC)c2)ncc1C#CCCCNCC(C=O)N(C)C(=O)/C=C/CN(C)C. The topological polar surface area (TPSA) is 138 Å². The molecule has 0 aliphatic heterocycles. The van der Waals surface area contributed by atoms with Crippen LogP contribution in [0, 0.1) is 17.3 Å². The summed E-state index contributed by atoms with van der Waals surface area (Å²) < 4.78 is 0. The molecule has 0 fully saturated rings. The van der Waals surface area contributed by atoms with Crippen LogP contribution in [0.15, 0.2) is 36.5 Å². The number of benzene rings is 1. The number of nitrogens with zero attached hydrogens (tertiary/aromatic N) is 4. The first kappa shape index (κ1) is 31.9. The first-order valence-electron chi connectivity index (χ1n) is 13.3. The Morgan fingerprint density at radius 3 is 2.73 bits per heavy atom. The van der Waals surface area contributed by atoms with Crippen LogP contribution < -0.4 is 21.3 Å². The Hall–Kier alpha value is -4.27. The fourth-order valence-electron chi connectivity index (χ4n) is 3.57. The molecule has 1 unspecified atom stereocenters. The largest absolute Gasteiger partial charge is 0.388 e. The minimum Gasteiger partial charge on any atom is -0.388 e. The number of amides is 1. The average molecular weight is 548 g/mol. The summed E-state index contributed by atoms with van der Waals surface area (Å²) in [5.41, 5.74) is 3.13. The lowest BCUT2D eigenvalue weighted by Crippen LogP contribution is -2.44. The number of carbonyl (C=O) groups is 2. The van der Waals surface area contributed by atoms with Gasteiger partial charge in [0.1, 0.15) is 12.1 Å². The molecule has 0 bridgehead atoms. The molecule has 1 amide bonds. The molecule has 1 atom stereocenters. The molecule has 40 heavy (non-hydrogen) atoms. The van der Waals surface area contributed by atoms with E-state index in [9.17, 15) is 9.59 Å². The highest BCUT2D eigenvalue weighted by Crippen LogP contribution is 2.22. The maximum absolute atomic E-state index is 12.3. The zero-order valence-corrected chi connectivity index (χ0v) is 24.0. The molecular weight excluding hydrogens is 506 g/mol. The lowest BCUT2D eigenvalue weighted by atomic mass is 10.1. The third-order valence-electron chi connectivity index (χ3n) is 5.83. The van der Waals surface area contributed by atoms with Crippen LogP contribution in [-0.2, 0) is 9.59 Å². The van der Waals surface area contributed by atoms with Crippen LogP contribution >= 0.6 is 0 Å². The maximum Gasteiger partial charge on any atom is 0.246 e. The zero-order chi connectivity index (χ0) is 29.3. The highest BCUT2D eigenvalue weighted by atomic mass is 16.2. The Kier molecular flexibility index (Phi) is 13.9. The van der Waals surface area contributed by atoms with Crippen molar-refractivity contribution < 1.29 is 9.59 Å². The number of unbranched alkanes of at least 4 members (excludes halogenated alkanes) is 1. The van der Waals surface area contributed by atoms with E-state index < -0.39 is 6.04 Å². The van der Waals surface area contributed by atoms with Gasteiger partial charge in [0.2, 0.25) is 11.9 Å². The number of anilines is 4. The van der Waals surface area contributed by atoms with Crippen LogP contribution in [0.4, 0.5) is 23.1 Å². The minimum absolute atomic E-state index is 0.199. The van der Waals surface area contributed by atoms with Crippen molar-refractivity contribution in [3.8, 4) is 11.8 Å². The second kappa shape index (κ2) is 17.3. The number of rotatable bonds is 16.